The molecule has 0 unspecified atom stereocenters. The van der Waals surface area contributed by atoms with Crippen LogP contribution in [0.3, 0.4) is 0 Å². The van der Waals surface area contributed by atoms with Crippen molar-refractivity contribution >= 4 is 40.1 Å². The molecule has 0 aliphatic carbocycles. The van der Waals surface area contributed by atoms with E-state index in [1.54, 1.807) is 0 Å². The normalized spacial score (nSPS) is 14.0. The van der Waals surface area contributed by atoms with Crippen LogP contribution in [-0.2, 0) is 6.42 Å². The molecule has 0 saturated carbocycles. The van der Waals surface area contributed by atoms with Crippen molar-refractivity contribution in [1.82, 2.24) is 5.32 Å². The molecule has 1 N–H and O–H groups in total. The van der Waals surface area contributed by atoms with E-state index in [2.05, 4.69) is 66.9 Å². The maximum atomic E-state index is 6.17. The summed E-state index contributed by atoms with van der Waals surface area (Å²) in [4.78, 5) is 0. The summed E-state index contributed by atoms with van der Waals surface area (Å²) < 4.78 is 0. The number of benzene rings is 3. The zero-order chi connectivity index (χ0) is 18.5. The van der Waals surface area contributed by atoms with Crippen LogP contribution in [0.25, 0.3) is 16.8 Å². The third kappa shape index (κ3) is 4.67. The molecule has 0 aromatic heterocycles. The summed E-state index contributed by atoms with van der Waals surface area (Å²) >= 11 is 12.2. The minimum atomic E-state index is 0.348. The van der Waals surface area contributed by atoms with Crippen molar-refractivity contribution in [2.24, 2.45) is 5.92 Å². The summed E-state index contributed by atoms with van der Waals surface area (Å²) in [7, 11) is 2.00. The molecule has 0 bridgehead atoms. The van der Waals surface area contributed by atoms with E-state index in [1.807, 2.05) is 25.2 Å². The first-order valence-corrected chi connectivity index (χ1v) is 9.60. The van der Waals surface area contributed by atoms with E-state index >= 15 is 0 Å². The van der Waals surface area contributed by atoms with Gasteiger partial charge in [-0.25, -0.2) is 0 Å². The largest absolute Gasteiger partial charge is 0.317 e. The topological polar surface area (TPSA) is 12.0 Å². The van der Waals surface area contributed by atoms with E-state index < -0.39 is 0 Å². The van der Waals surface area contributed by atoms with E-state index in [0.717, 1.165) is 6.42 Å². The van der Waals surface area contributed by atoms with Crippen LogP contribution < -0.4 is 5.32 Å². The Labute approximate surface area is 165 Å². The first-order valence-electron chi connectivity index (χ1n) is 8.85. The van der Waals surface area contributed by atoms with Gasteiger partial charge in [-0.1, -0.05) is 77.8 Å². The predicted octanol–water partition coefficient (Wildman–Crippen LogP) is 6.63. The summed E-state index contributed by atoms with van der Waals surface area (Å²) in [5, 5.41) is 7.10. The number of fused-ring (bicyclic) bond motifs is 1. The lowest BCUT2D eigenvalue weighted by molar-refractivity contribution is 0.465. The molecule has 1 nitrogen and oxygen atoms in total. The third-order valence-electron chi connectivity index (χ3n) is 4.86. The summed E-state index contributed by atoms with van der Waals surface area (Å²) in [6.45, 7) is 2.20. The summed E-state index contributed by atoms with van der Waals surface area (Å²) in [5.74, 6) is 0.351. The Morgan fingerprint density at radius 1 is 0.923 bits per heavy atom. The molecular formula is C23H23Cl2N. The van der Waals surface area contributed by atoms with E-state index in [9.17, 15) is 0 Å². The van der Waals surface area contributed by atoms with Gasteiger partial charge in [-0.15, -0.1) is 0 Å². The van der Waals surface area contributed by atoms with E-state index in [-0.39, 0.29) is 0 Å². The van der Waals surface area contributed by atoms with Gasteiger partial charge in [0.2, 0.25) is 0 Å². The van der Waals surface area contributed by atoms with Crippen molar-refractivity contribution in [1.29, 1.82) is 0 Å². The lowest BCUT2D eigenvalue weighted by atomic mass is 9.92. The van der Waals surface area contributed by atoms with Crippen LogP contribution in [0.15, 0.2) is 66.7 Å². The number of halogens is 2. The average Bonchev–Trinajstić information content (AvgIpc) is 2.67. The maximum absolute atomic E-state index is 6.17. The van der Waals surface area contributed by atoms with Gasteiger partial charge in [0.1, 0.15) is 0 Å². The van der Waals surface area contributed by atoms with Gasteiger partial charge in [-0.3, -0.25) is 0 Å². The van der Waals surface area contributed by atoms with Gasteiger partial charge < -0.3 is 5.32 Å². The first-order chi connectivity index (χ1) is 12.6. The van der Waals surface area contributed by atoms with Crippen LogP contribution in [0.1, 0.15) is 18.1 Å². The van der Waals surface area contributed by atoms with Gasteiger partial charge in [-0.2, -0.15) is 0 Å². The zero-order valence-electron chi connectivity index (χ0n) is 15.0. The number of hydrogen-bond acceptors (Lipinski definition) is 1. The van der Waals surface area contributed by atoms with Crippen LogP contribution in [0, 0.1) is 5.92 Å². The van der Waals surface area contributed by atoms with E-state index in [0.29, 0.717) is 22.0 Å². The molecule has 3 heteroatoms. The molecule has 0 heterocycles. The zero-order valence-corrected chi connectivity index (χ0v) is 16.6. The highest BCUT2D eigenvalue weighted by Crippen LogP contribution is 2.25. The smallest absolute Gasteiger partial charge is 0.0595 e. The number of rotatable bonds is 6. The lowest BCUT2D eigenvalue weighted by Gasteiger charge is -2.21. The second-order valence-corrected chi connectivity index (χ2v) is 7.47. The van der Waals surface area contributed by atoms with Crippen LogP contribution in [0.5, 0.6) is 0 Å². The Hall–Kier alpha value is -1.80. The van der Waals surface area contributed by atoms with Crippen LogP contribution in [-0.4, -0.2) is 13.1 Å². The Bertz CT molecular complexity index is 917. The molecule has 134 valence electrons. The SMILES string of the molecule is CN[C@@H](C)[C@H](/C=C/c1ccc2ccccc2c1)Cc1ccc(Cl)c(Cl)c1. The Morgan fingerprint density at radius 2 is 1.69 bits per heavy atom. The highest BCUT2D eigenvalue weighted by atomic mass is 35.5. The van der Waals surface area contributed by atoms with Crippen LogP contribution in [0.2, 0.25) is 10.0 Å². The van der Waals surface area contributed by atoms with Crippen LogP contribution in [0.4, 0.5) is 0 Å². The monoisotopic (exact) mass is 383 g/mol. The fourth-order valence-corrected chi connectivity index (χ4v) is 3.43. The molecule has 3 aromatic rings. The second kappa shape index (κ2) is 8.73. The fraction of sp³-hybridized carbons (Fsp3) is 0.217. The molecule has 0 aliphatic heterocycles. The van der Waals surface area contributed by atoms with Gasteiger partial charge in [0.25, 0.3) is 0 Å². The van der Waals surface area contributed by atoms with E-state index in [1.165, 1.54) is 21.9 Å². The van der Waals surface area contributed by atoms with Gasteiger partial charge >= 0.3 is 0 Å². The molecule has 0 saturated heterocycles. The third-order valence-corrected chi connectivity index (χ3v) is 5.60. The van der Waals surface area contributed by atoms with Gasteiger partial charge in [0, 0.05) is 6.04 Å². The molecule has 0 fully saturated rings. The Morgan fingerprint density at radius 3 is 2.42 bits per heavy atom. The van der Waals surface area contributed by atoms with Crippen LogP contribution >= 0.6 is 23.2 Å². The molecule has 0 radical (unpaired) electrons. The minimum Gasteiger partial charge on any atom is -0.317 e. The highest BCUT2D eigenvalue weighted by Gasteiger charge is 2.14. The molecule has 0 amide bonds. The number of hydrogen-bond donors (Lipinski definition) is 1. The lowest BCUT2D eigenvalue weighted by Crippen LogP contribution is -2.30. The highest BCUT2D eigenvalue weighted by molar-refractivity contribution is 6.42. The molecule has 3 aromatic carbocycles. The molecule has 26 heavy (non-hydrogen) atoms. The molecule has 3 rings (SSSR count). The summed E-state index contributed by atoms with van der Waals surface area (Å²) in [5.41, 5.74) is 2.40. The average molecular weight is 384 g/mol. The van der Waals surface area contributed by atoms with Crippen molar-refractivity contribution in [2.45, 2.75) is 19.4 Å². The molecule has 0 spiro atoms. The van der Waals surface area contributed by atoms with Gasteiger partial charge in [0.05, 0.1) is 10.0 Å². The summed E-state index contributed by atoms with van der Waals surface area (Å²) in [6.07, 6.45) is 5.40. The quantitative estimate of drug-likeness (QED) is 0.503. The summed E-state index contributed by atoms with van der Waals surface area (Å²) in [6, 6.07) is 21.2. The van der Waals surface area contributed by atoms with Crippen molar-refractivity contribution in [3.8, 4) is 0 Å². The van der Waals surface area contributed by atoms with Crippen molar-refractivity contribution in [3.63, 3.8) is 0 Å². The fourth-order valence-electron chi connectivity index (χ4n) is 3.11. The van der Waals surface area contributed by atoms with E-state index in [4.69, 9.17) is 23.2 Å². The first kappa shape index (κ1) is 19.0. The standard InChI is InChI=1S/C23H23Cl2N/c1-16(26-2)20(14-18-9-12-22(24)23(25)15-18)11-8-17-7-10-19-5-3-4-6-21(19)13-17/h3-13,15-16,20,26H,14H2,1-2H3/b11-8+/t16-,20+/m0/s1. The van der Waals surface area contributed by atoms with Crippen molar-refractivity contribution in [2.75, 3.05) is 7.05 Å². The molecular weight excluding hydrogens is 361 g/mol. The predicted molar refractivity (Wildman–Crippen MR) is 115 cm³/mol. The minimum absolute atomic E-state index is 0.348. The molecule has 2 atom stereocenters. The maximum Gasteiger partial charge on any atom is 0.0595 e. The Kier molecular flexibility index (Phi) is 6.37. The van der Waals surface area contributed by atoms with Gasteiger partial charge in [0.15, 0.2) is 0 Å². The second-order valence-electron chi connectivity index (χ2n) is 6.66. The molecule has 0 aliphatic rings. The van der Waals surface area contributed by atoms with Gasteiger partial charge in [-0.05, 0) is 66.4 Å². The van der Waals surface area contributed by atoms with Crippen molar-refractivity contribution < 1.29 is 0 Å². The number of nitrogens with one attached hydrogen (secondary N) is 1. The Balaban J connectivity index is 1.82. The van der Waals surface area contributed by atoms with Crippen molar-refractivity contribution in [3.05, 3.63) is 87.9 Å².